The van der Waals surface area contributed by atoms with Gasteiger partial charge in [0.1, 0.15) is 0 Å². The van der Waals surface area contributed by atoms with E-state index in [1.807, 2.05) is 50.1 Å². The summed E-state index contributed by atoms with van der Waals surface area (Å²) in [5, 5.41) is 0. The van der Waals surface area contributed by atoms with E-state index in [4.69, 9.17) is 0 Å². The lowest BCUT2D eigenvalue weighted by Crippen LogP contribution is -1.99. The average Bonchev–Trinajstić information content (AvgIpc) is 3.72. The monoisotopic (exact) mass is 548 g/mol. The van der Waals surface area contributed by atoms with Crippen molar-refractivity contribution in [3.8, 4) is 0 Å². The van der Waals surface area contributed by atoms with Crippen molar-refractivity contribution >= 4 is 0 Å². The van der Waals surface area contributed by atoms with Crippen LogP contribution >= 0.6 is 0 Å². The Bertz CT molecular complexity index is 1180. The van der Waals surface area contributed by atoms with Gasteiger partial charge >= 0.3 is 0 Å². The third-order valence-corrected chi connectivity index (χ3v) is 5.74. The summed E-state index contributed by atoms with van der Waals surface area (Å²) in [7, 11) is 0. The van der Waals surface area contributed by atoms with Gasteiger partial charge in [0, 0.05) is 75.8 Å². The Balaban J connectivity index is 0.000000364. The molecule has 0 aliphatic rings. The molecule has 0 amide bonds. The molecule has 212 valence electrons. The van der Waals surface area contributed by atoms with Crippen LogP contribution in [0.25, 0.3) is 0 Å². The molecule has 0 unspecified atom stereocenters. The van der Waals surface area contributed by atoms with Crippen LogP contribution < -0.4 is 0 Å². The Morgan fingerprint density at radius 3 is 0.700 bits per heavy atom. The number of benzene rings is 2. The predicted octanol–water partition coefficient (Wildman–Crippen LogP) is 1.05. The first-order chi connectivity index (χ1) is 17.8. The highest BCUT2D eigenvalue weighted by Crippen LogP contribution is 2.09. The van der Waals surface area contributed by atoms with Gasteiger partial charge in [-0.05, 0) is 22.3 Å². The number of hydrogen-bond acceptors (Lipinski definition) is 4. The van der Waals surface area contributed by atoms with Crippen LogP contribution in [0.5, 0.6) is 0 Å². The van der Waals surface area contributed by atoms with Gasteiger partial charge < -0.3 is 40.2 Å². The van der Waals surface area contributed by atoms with Crippen molar-refractivity contribution < 1.29 is 21.9 Å². The Morgan fingerprint density at radius 1 is 0.350 bits per heavy atom. The molecule has 2 aromatic carbocycles. The first-order valence-electron chi connectivity index (χ1n) is 11.8. The molecule has 0 saturated carbocycles. The predicted molar refractivity (Wildman–Crippen MR) is 153 cm³/mol. The standard InChI is InChI=1S/2C14H14N4.4H2O/c2*1-2-14(10-18-8-6-16-12-18)4-3-13(1)9-17-7-5-15-11-17;;;;/h2*1-8,11-12H,9-10H2;4*1H2. The maximum atomic E-state index is 4.04. The second kappa shape index (κ2) is 16.9. The van der Waals surface area contributed by atoms with Crippen LogP contribution in [-0.4, -0.2) is 60.1 Å². The molecule has 0 aliphatic heterocycles. The Hall–Kier alpha value is -4.88. The van der Waals surface area contributed by atoms with E-state index in [0.717, 1.165) is 26.2 Å². The minimum absolute atomic E-state index is 0. The van der Waals surface area contributed by atoms with Crippen molar-refractivity contribution in [2.45, 2.75) is 26.2 Å². The highest BCUT2D eigenvalue weighted by Gasteiger charge is 1.99. The molecule has 0 aliphatic carbocycles. The van der Waals surface area contributed by atoms with Crippen molar-refractivity contribution in [3.63, 3.8) is 0 Å². The SMILES string of the molecule is O.O.O.O.c1cn(Cc2ccc(Cn3ccnc3)cc2)cn1.c1cn(Cc2ccc(Cn3ccnc3)cc2)cn1. The van der Waals surface area contributed by atoms with Crippen molar-refractivity contribution in [2.75, 3.05) is 0 Å². The minimum atomic E-state index is 0. The van der Waals surface area contributed by atoms with Crippen molar-refractivity contribution in [1.29, 1.82) is 0 Å². The van der Waals surface area contributed by atoms with E-state index in [-0.39, 0.29) is 21.9 Å². The molecule has 12 heteroatoms. The molecule has 12 nitrogen and oxygen atoms in total. The molecule has 4 aromatic heterocycles. The van der Waals surface area contributed by atoms with Gasteiger partial charge in [-0.15, -0.1) is 0 Å². The van der Waals surface area contributed by atoms with Crippen LogP contribution in [-0.2, 0) is 26.2 Å². The second-order valence-corrected chi connectivity index (χ2v) is 8.57. The zero-order chi connectivity index (χ0) is 24.4. The van der Waals surface area contributed by atoms with Crippen LogP contribution in [0.1, 0.15) is 22.3 Å². The van der Waals surface area contributed by atoms with E-state index in [1.54, 1.807) is 24.8 Å². The van der Waals surface area contributed by atoms with E-state index in [0.29, 0.717) is 0 Å². The molecule has 0 fully saturated rings. The molecular weight excluding hydrogens is 512 g/mol. The Labute approximate surface area is 232 Å². The first kappa shape index (κ1) is 33.1. The Kier molecular flexibility index (Phi) is 14.0. The number of hydrogen-bond donors (Lipinski definition) is 0. The quantitative estimate of drug-likeness (QED) is 0.274. The first-order valence-corrected chi connectivity index (χ1v) is 11.8. The van der Waals surface area contributed by atoms with E-state index in [2.05, 4.69) is 86.7 Å². The minimum Gasteiger partial charge on any atom is -0.412 e. The zero-order valence-electron chi connectivity index (χ0n) is 22.0. The zero-order valence-corrected chi connectivity index (χ0v) is 22.0. The maximum absolute atomic E-state index is 4.04. The number of rotatable bonds is 8. The van der Waals surface area contributed by atoms with Gasteiger partial charge in [-0.2, -0.15) is 0 Å². The summed E-state index contributed by atoms with van der Waals surface area (Å²) in [5.41, 5.74) is 5.12. The molecule has 0 spiro atoms. The molecule has 0 radical (unpaired) electrons. The lowest BCUT2D eigenvalue weighted by molar-refractivity contribution is 0.785. The van der Waals surface area contributed by atoms with Crippen molar-refractivity contribution in [2.24, 2.45) is 0 Å². The third kappa shape index (κ3) is 9.78. The summed E-state index contributed by atoms with van der Waals surface area (Å²) in [6.07, 6.45) is 22.4. The van der Waals surface area contributed by atoms with Gasteiger partial charge in [0.15, 0.2) is 0 Å². The number of imidazole rings is 4. The summed E-state index contributed by atoms with van der Waals surface area (Å²) in [6, 6.07) is 17.3. The van der Waals surface area contributed by atoms with Crippen molar-refractivity contribution in [3.05, 3.63) is 146 Å². The fourth-order valence-electron chi connectivity index (χ4n) is 3.86. The summed E-state index contributed by atoms with van der Waals surface area (Å²) < 4.78 is 8.24. The molecule has 40 heavy (non-hydrogen) atoms. The van der Waals surface area contributed by atoms with Crippen molar-refractivity contribution in [1.82, 2.24) is 38.2 Å². The molecular formula is C28H36N8O4. The highest BCUT2D eigenvalue weighted by atomic mass is 16.0. The van der Waals surface area contributed by atoms with Crippen LogP contribution in [0.15, 0.2) is 123 Å². The molecule has 6 rings (SSSR count). The van der Waals surface area contributed by atoms with Crippen LogP contribution in [0, 0.1) is 0 Å². The largest absolute Gasteiger partial charge is 0.412 e. The lowest BCUT2D eigenvalue weighted by atomic mass is 10.1. The molecule has 6 aromatic rings. The van der Waals surface area contributed by atoms with Gasteiger partial charge in [0.05, 0.1) is 25.3 Å². The summed E-state index contributed by atoms with van der Waals surface area (Å²) in [4.78, 5) is 16.2. The van der Waals surface area contributed by atoms with E-state index < -0.39 is 0 Å². The van der Waals surface area contributed by atoms with E-state index in [1.165, 1.54) is 22.3 Å². The number of aromatic nitrogens is 8. The molecule has 4 heterocycles. The van der Waals surface area contributed by atoms with Gasteiger partial charge in [-0.25, -0.2) is 19.9 Å². The van der Waals surface area contributed by atoms with E-state index in [9.17, 15) is 0 Å². The van der Waals surface area contributed by atoms with Crippen LogP contribution in [0.2, 0.25) is 0 Å². The Morgan fingerprint density at radius 2 is 0.550 bits per heavy atom. The molecule has 0 bridgehead atoms. The fraction of sp³-hybridized carbons (Fsp3) is 0.143. The fourth-order valence-corrected chi connectivity index (χ4v) is 3.86. The van der Waals surface area contributed by atoms with Crippen LogP contribution in [0.4, 0.5) is 0 Å². The van der Waals surface area contributed by atoms with Crippen LogP contribution in [0.3, 0.4) is 0 Å². The normalized spacial score (nSPS) is 9.60. The summed E-state index contributed by atoms with van der Waals surface area (Å²) in [6.45, 7) is 3.47. The topological polar surface area (TPSA) is 197 Å². The average molecular weight is 549 g/mol. The molecule has 8 N–H and O–H groups in total. The van der Waals surface area contributed by atoms with Gasteiger partial charge in [-0.3, -0.25) is 0 Å². The van der Waals surface area contributed by atoms with Gasteiger partial charge in [-0.1, -0.05) is 48.5 Å². The summed E-state index contributed by atoms with van der Waals surface area (Å²) in [5.74, 6) is 0. The second-order valence-electron chi connectivity index (χ2n) is 8.57. The lowest BCUT2D eigenvalue weighted by Gasteiger charge is -2.05. The van der Waals surface area contributed by atoms with E-state index >= 15 is 0 Å². The highest BCUT2D eigenvalue weighted by molar-refractivity contribution is 5.24. The van der Waals surface area contributed by atoms with Gasteiger partial charge in [0.25, 0.3) is 0 Å². The van der Waals surface area contributed by atoms with Gasteiger partial charge in [0.2, 0.25) is 0 Å². The molecule has 0 atom stereocenters. The molecule has 0 saturated heterocycles. The number of nitrogens with zero attached hydrogens (tertiary/aromatic N) is 8. The summed E-state index contributed by atoms with van der Waals surface area (Å²) >= 11 is 0. The third-order valence-electron chi connectivity index (χ3n) is 5.74. The maximum Gasteiger partial charge on any atom is 0.0949 e. The smallest absolute Gasteiger partial charge is 0.0949 e.